The molecule has 22 heavy (non-hydrogen) atoms. The molecule has 6 heteroatoms. The largest absolute Gasteiger partial charge is 0.373 e. The second-order valence-corrected chi connectivity index (χ2v) is 5.11. The minimum Gasteiger partial charge on any atom is -0.373 e. The Morgan fingerprint density at radius 2 is 2.14 bits per heavy atom. The van der Waals surface area contributed by atoms with Crippen molar-refractivity contribution in [3.63, 3.8) is 0 Å². The highest BCUT2D eigenvalue weighted by Crippen LogP contribution is 2.29. The summed E-state index contributed by atoms with van der Waals surface area (Å²) in [4.78, 5) is 12.6. The number of hydrogen-bond donors (Lipinski definition) is 0. The number of ether oxygens (including phenoxy) is 1. The number of benzene rings is 1. The number of nitrogens with zero attached hydrogens (tertiary/aromatic N) is 4. The summed E-state index contributed by atoms with van der Waals surface area (Å²) < 4.78 is 11.2. The van der Waals surface area contributed by atoms with Gasteiger partial charge in [-0.1, -0.05) is 29.4 Å². The van der Waals surface area contributed by atoms with Crippen molar-refractivity contribution in [1.29, 1.82) is 0 Å². The highest BCUT2D eigenvalue weighted by Gasteiger charge is 2.23. The maximum absolute atomic E-state index is 5.87. The van der Waals surface area contributed by atoms with Crippen LogP contribution in [0.1, 0.15) is 23.1 Å². The van der Waals surface area contributed by atoms with E-state index in [9.17, 15) is 0 Å². The van der Waals surface area contributed by atoms with Crippen molar-refractivity contribution < 1.29 is 9.26 Å². The third-order valence-electron chi connectivity index (χ3n) is 3.71. The predicted octanol–water partition coefficient (Wildman–Crippen LogP) is 2.38. The van der Waals surface area contributed by atoms with E-state index in [-0.39, 0.29) is 6.10 Å². The third kappa shape index (κ3) is 2.48. The summed E-state index contributed by atoms with van der Waals surface area (Å²) >= 11 is 0. The van der Waals surface area contributed by atoms with Gasteiger partial charge in [0, 0.05) is 12.4 Å². The van der Waals surface area contributed by atoms with Gasteiger partial charge in [-0.3, -0.25) is 4.98 Å². The van der Waals surface area contributed by atoms with Crippen LogP contribution in [0.5, 0.6) is 0 Å². The second-order valence-electron chi connectivity index (χ2n) is 5.11. The molecule has 1 aliphatic heterocycles. The predicted molar refractivity (Wildman–Crippen MR) is 77.9 cm³/mol. The Bertz CT molecular complexity index is 773. The zero-order chi connectivity index (χ0) is 14.8. The van der Waals surface area contributed by atoms with Gasteiger partial charge in [0.1, 0.15) is 5.69 Å². The van der Waals surface area contributed by atoms with Gasteiger partial charge in [0.25, 0.3) is 0 Å². The van der Waals surface area contributed by atoms with Crippen LogP contribution in [0.4, 0.5) is 0 Å². The molecule has 0 bridgehead atoms. The van der Waals surface area contributed by atoms with Crippen molar-refractivity contribution in [3.8, 4) is 11.5 Å². The van der Waals surface area contributed by atoms with E-state index in [1.807, 2.05) is 6.07 Å². The molecule has 110 valence electrons. The average Bonchev–Trinajstić information content (AvgIpc) is 3.05. The van der Waals surface area contributed by atoms with Crippen LogP contribution in [0, 0.1) is 0 Å². The minimum absolute atomic E-state index is 0.0416. The molecule has 4 rings (SSSR count). The zero-order valence-electron chi connectivity index (χ0n) is 11.8. The molecular formula is C16H14N4O2. The fraction of sp³-hybridized carbons (Fsp3) is 0.250. The standard InChI is InChI=1S/C16H14N4O2/c1-2-4-12-11(3-1)5-8-21-14(12)9-15-19-16(20-22-15)13-10-17-6-7-18-13/h1-4,6-7,10,14H,5,8-9H2. The Labute approximate surface area is 127 Å². The first-order valence-corrected chi connectivity index (χ1v) is 7.18. The summed E-state index contributed by atoms with van der Waals surface area (Å²) in [5, 5.41) is 3.96. The normalized spacial score (nSPS) is 17.2. The van der Waals surface area contributed by atoms with Crippen molar-refractivity contribution in [2.24, 2.45) is 0 Å². The van der Waals surface area contributed by atoms with Crippen molar-refractivity contribution >= 4 is 0 Å². The first-order valence-electron chi connectivity index (χ1n) is 7.18. The van der Waals surface area contributed by atoms with E-state index in [0.717, 1.165) is 6.42 Å². The first kappa shape index (κ1) is 13.1. The fourth-order valence-electron chi connectivity index (χ4n) is 2.66. The molecule has 0 spiro atoms. The lowest BCUT2D eigenvalue weighted by atomic mass is 9.96. The Kier molecular flexibility index (Phi) is 3.36. The molecule has 0 saturated carbocycles. The van der Waals surface area contributed by atoms with Crippen LogP contribution < -0.4 is 0 Å². The summed E-state index contributed by atoms with van der Waals surface area (Å²) in [6.07, 6.45) is 6.29. The van der Waals surface area contributed by atoms with Gasteiger partial charge in [0.05, 0.1) is 25.3 Å². The van der Waals surface area contributed by atoms with E-state index < -0.39 is 0 Å². The maximum atomic E-state index is 5.87. The molecule has 0 amide bonds. The van der Waals surface area contributed by atoms with Gasteiger partial charge in [-0.05, 0) is 17.5 Å². The number of aromatic nitrogens is 4. The monoisotopic (exact) mass is 294 g/mol. The van der Waals surface area contributed by atoms with Crippen LogP contribution in [0.25, 0.3) is 11.5 Å². The van der Waals surface area contributed by atoms with Gasteiger partial charge >= 0.3 is 0 Å². The average molecular weight is 294 g/mol. The van der Waals surface area contributed by atoms with Gasteiger partial charge in [-0.15, -0.1) is 0 Å². The van der Waals surface area contributed by atoms with Crippen molar-refractivity contribution in [2.75, 3.05) is 6.61 Å². The van der Waals surface area contributed by atoms with Crippen LogP contribution in [-0.4, -0.2) is 26.7 Å². The lowest BCUT2D eigenvalue weighted by molar-refractivity contribution is 0.0375. The van der Waals surface area contributed by atoms with E-state index in [0.29, 0.717) is 30.4 Å². The van der Waals surface area contributed by atoms with Crippen LogP contribution in [-0.2, 0) is 17.6 Å². The summed E-state index contributed by atoms with van der Waals surface area (Å²) in [5.41, 5.74) is 3.13. The molecule has 1 aliphatic rings. The van der Waals surface area contributed by atoms with Crippen molar-refractivity contribution in [2.45, 2.75) is 18.9 Å². The van der Waals surface area contributed by atoms with E-state index in [4.69, 9.17) is 9.26 Å². The van der Waals surface area contributed by atoms with Gasteiger partial charge in [-0.25, -0.2) is 4.98 Å². The molecule has 0 aliphatic carbocycles. The SMILES string of the molecule is c1ccc2c(c1)CCOC2Cc1nc(-c2cnccn2)no1. The Morgan fingerprint density at radius 1 is 1.18 bits per heavy atom. The van der Waals surface area contributed by atoms with E-state index >= 15 is 0 Å². The molecule has 0 radical (unpaired) electrons. The van der Waals surface area contributed by atoms with Crippen LogP contribution >= 0.6 is 0 Å². The third-order valence-corrected chi connectivity index (χ3v) is 3.71. The van der Waals surface area contributed by atoms with Crippen molar-refractivity contribution in [1.82, 2.24) is 20.1 Å². The molecule has 1 aromatic carbocycles. The molecular weight excluding hydrogens is 280 g/mol. The van der Waals surface area contributed by atoms with Gasteiger partial charge in [0.2, 0.25) is 11.7 Å². The summed E-state index contributed by atoms with van der Waals surface area (Å²) in [6.45, 7) is 0.715. The fourth-order valence-corrected chi connectivity index (χ4v) is 2.66. The molecule has 1 unspecified atom stereocenters. The molecule has 0 fully saturated rings. The molecule has 2 aromatic heterocycles. The Balaban J connectivity index is 1.57. The molecule has 1 atom stereocenters. The second kappa shape index (κ2) is 5.65. The highest BCUT2D eigenvalue weighted by molar-refractivity contribution is 5.45. The van der Waals surface area contributed by atoms with Gasteiger partial charge in [0.15, 0.2) is 0 Å². The highest BCUT2D eigenvalue weighted by atomic mass is 16.5. The topological polar surface area (TPSA) is 73.9 Å². The van der Waals surface area contributed by atoms with Crippen LogP contribution in [0.15, 0.2) is 47.4 Å². The minimum atomic E-state index is -0.0416. The van der Waals surface area contributed by atoms with E-state index in [1.54, 1.807) is 18.6 Å². The molecule has 3 aromatic rings. The Morgan fingerprint density at radius 3 is 3.05 bits per heavy atom. The zero-order valence-corrected chi connectivity index (χ0v) is 11.8. The quantitative estimate of drug-likeness (QED) is 0.738. The van der Waals surface area contributed by atoms with Crippen molar-refractivity contribution in [3.05, 3.63) is 59.9 Å². The summed E-state index contributed by atoms with van der Waals surface area (Å²) in [5.74, 6) is 0.995. The first-order chi connectivity index (χ1) is 10.9. The Hall–Kier alpha value is -2.60. The summed E-state index contributed by atoms with van der Waals surface area (Å²) in [7, 11) is 0. The number of fused-ring (bicyclic) bond motifs is 1. The van der Waals surface area contributed by atoms with Gasteiger partial charge < -0.3 is 9.26 Å². The van der Waals surface area contributed by atoms with Crippen LogP contribution in [0.3, 0.4) is 0 Å². The molecule has 6 nitrogen and oxygen atoms in total. The summed E-state index contributed by atoms with van der Waals surface area (Å²) in [6, 6.07) is 8.32. The smallest absolute Gasteiger partial charge is 0.229 e. The van der Waals surface area contributed by atoms with Crippen LogP contribution in [0.2, 0.25) is 0 Å². The van der Waals surface area contributed by atoms with E-state index in [1.165, 1.54) is 11.1 Å². The molecule has 0 saturated heterocycles. The van der Waals surface area contributed by atoms with E-state index in [2.05, 4.69) is 38.3 Å². The lowest BCUT2D eigenvalue weighted by Gasteiger charge is -2.24. The molecule has 0 N–H and O–H groups in total. The molecule has 3 heterocycles. The number of rotatable bonds is 3. The lowest BCUT2D eigenvalue weighted by Crippen LogP contribution is -2.18. The van der Waals surface area contributed by atoms with Gasteiger partial charge in [-0.2, -0.15) is 4.98 Å². The number of hydrogen-bond acceptors (Lipinski definition) is 6. The maximum Gasteiger partial charge on any atom is 0.229 e.